The highest BCUT2D eigenvalue weighted by molar-refractivity contribution is 7.12. The lowest BCUT2D eigenvalue weighted by atomic mass is 10.2. The van der Waals surface area contributed by atoms with E-state index in [1.807, 2.05) is 0 Å². The molecule has 2 N–H and O–H groups in total. The summed E-state index contributed by atoms with van der Waals surface area (Å²) in [5.41, 5.74) is 1.90. The van der Waals surface area contributed by atoms with Gasteiger partial charge in [0.15, 0.2) is 0 Å². The van der Waals surface area contributed by atoms with Crippen molar-refractivity contribution in [3.63, 3.8) is 0 Å². The molecule has 21 heavy (non-hydrogen) atoms. The molecule has 1 aromatic heterocycles. The molecule has 0 saturated heterocycles. The number of carboxylic acid groups (broad SMARTS) is 1. The Balaban J connectivity index is 2.10. The van der Waals surface area contributed by atoms with Gasteiger partial charge in [0, 0.05) is 11.1 Å². The van der Waals surface area contributed by atoms with E-state index in [9.17, 15) is 9.59 Å². The number of thiophene rings is 1. The van der Waals surface area contributed by atoms with Crippen LogP contribution in [-0.4, -0.2) is 17.0 Å². The van der Waals surface area contributed by atoms with Crippen molar-refractivity contribution >= 4 is 46.6 Å². The first kappa shape index (κ1) is 15.3. The first-order valence-electron chi connectivity index (χ1n) is 6.03. The van der Waals surface area contributed by atoms with Crippen LogP contribution in [0.15, 0.2) is 35.7 Å². The standard InChI is InChI=1S/C15H12ClNO3S/c1-9-8-21-14(15(19)20)13(9)17-12(18)7-4-10-2-5-11(16)6-3-10/h2-8H,1H3,(H,17,18)(H,19,20)/b7-4+. The molecule has 4 nitrogen and oxygen atoms in total. The summed E-state index contributed by atoms with van der Waals surface area (Å²) in [6, 6.07) is 7.02. The number of amides is 1. The fourth-order valence-corrected chi connectivity index (χ4v) is 2.64. The fourth-order valence-electron chi connectivity index (χ4n) is 1.67. The summed E-state index contributed by atoms with van der Waals surface area (Å²) < 4.78 is 0. The minimum atomic E-state index is -1.05. The number of anilines is 1. The van der Waals surface area contributed by atoms with Gasteiger partial charge in [0.1, 0.15) is 4.88 Å². The summed E-state index contributed by atoms with van der Waals surface area (Å²) in [4.78, 5) is 23.0. The number of hydrogen-bond acceptors (Lipinski definition) is 3. The Labute approximate surface area is 130 Å². The number of nitrogens with one attached hydrogen (secondary N) is 1. The monoisotopic (exact) mass is 321 g/mol. The van der Waals surface area contributed by atoms with Crippen LogP contribution in [0.1, 0.15) is 20.8 Å². The Bertz CT molecular complexity index is 704. The number of carboxylic acids is 1. The molecule has 0 bridgehead atoms. The molecule has 1 heterocycles. The summed E-state index contributed by atoms with van der Waals surface area (Å²) in [5.74, 6) is -1.43. The van der Waals surface area contributed by atoms with Crippen molar-refractivity contribution in [2.75, 3.05) is 5.32 Å². The SMILES string of the molecule is Cc1csc(C(=O)O)c1NC(=O)/C=C/c1ccc(Cl)cc1. The zero-order valence-electron chi connectivity index (χ0n) is 11.1. The highest BCUT2D eigenvalue weighted by Gasteiger charge is 2.16. The van der Waals surface area contributed by atoms with Gasteiger partial charge >= 0.3 is 5.97 Å². The van der Waals surface area contributed by atoms with Gasteiger partial charge in [0.2, 0.25) is 5.91 Å². The van der Waals surface area contributed by atoms with Crippen LogP contribution in [0, 0.1) is 6.92 Å². The highest BCUT2D eigenvalue weighted by atomic mass is 35.5. The smallest absolute Gasteiger partial charge is 0.348 e. The molecule has 0 saturated carbocycles. The summed E-state index contributed by atoms with van der Waals surface area (Å²) in [6.45, 7) is 1.75. The second-order valence-corrected chi connectivity index (χ2v) is 5.62. The normalized spacial score (nSPS) is 10.8. The third kappa shape index (κ3) is 3.93. The Morgan fingerprint density at radius 2 is 1.95 bits per heavy atom. The van der Waals surface area contributed by atoms with Crippen LogP contribution in [0.4, 0.5) is 5.69 Å². The van der Waals surface area contributed by atoms with Gasteiger partial charge in [-0.05, 0) is 41.6 Å². The second kappa shape index (κ2) is 6.56. The molecule has 0 atom stereocenters. The molecule has 0 aliphatic rings. The van der Waals surface area contributed by atoms with E-state index >= 15 is 0 Å². The molecular weight excluding hydrogens is 310 g/mol. The van der Waals surface area contributed by atoms with E-state index in [2.05, 4.69) is 5.32 Å². The van der Waals surface area contributed by atoms with Crippen LogP contribution in [0.25, 0.3) is 6.08 Å². The van der Waals surface area contributed by atoms with Crippen molar-refractivity contribution in [2.45, 2.75) is 6.92 Å². The number of carbonyl (C=O) groups is 2. The Hall–Kier alpha value is -2.11. The van der Waals surface area contributed by atoms with Gasteiger partial charge in [0.05, 0.1) is 5.69 Å². The topological polar surface area (TPSA) is 66.4 Å². The zero-order chi connectivity index (χ0) is 15.4. The summed E-state index contributed by atoms with van der Waals surface area (Å²) in [5, 5.41) is 14.0. The van der Waals surface area contributed by atoms with Gasteiger partial charge < -0.3 is 10.4 Å². The quantitative estimate of drug-likeness (QED) is 0.834. The van der Waals surface area contributed by atoms with E-state index in [0.717, 1.165) is 22.5 Å². The molecule has 0 aliphatic carbocycles. The van der Waals surface area contributed by atoms with Crippen LogP contribution in [0.3, 0.4) is 0 Å². The van der Waals surface area contributed by atoms with E-state index in [0.29, 0.717) is 10.7 Å². The number of aromatic carboxylic acids is 1. The van der Waals surface area contributed by atoms with E-state index in [1.165, 1.54) is 6.08 Å². The summed E-state index contributed by atoms with van der Waals surface area (Å²) in [7, 11) is 0. The largest absolute Gasteiger partial charge is 0.477 e. The number of hydrogen-bond donors (Lipinski definition) is 2. The lowest BCUT2D eigenvalue weighted by molar-refractivity contribution is -0.111. The molecule has 2 rings (SSSR count). The molecule has 0 unspecified atom stereocenters. The van der Waals surface area contributed by atoms with Crippen molar-refractivity contribution in [1.82, 2.24) is 0 Å². The molecule has 108 valence electrons. The van der Waals surface area contributed by atoms with Gasteiger partial charge in [-0.1, -0.05) is 23.7 Å². The number of rotatable bonds is 4. The van der Waals surface area contributed by atoms with E-state index in [4.69, 9.17) is 16.7 Å². The van der Waals surface area contributed by atoms with Gasteiger partial charge in [-0.2, -0.15) is 0 Å². The lowest BCUT2D eigenvalue weighted by Crippen LogP contribution is -2.11. The molecule has 1 amide bonds. The first-order chi connectivity index (χ1) is 9.97. The van der Waals surface area contributed by atoms with Crippen LogP contribution in [0.5, 0.6) is 0 Å². The lowest BCUT2D eigenvalue weighted by Gasteiger charge is -2.03. The van der Waals surface area contributed by atoms with Crippen molar-refractivity contribution in [1.29, 1.82) is 0 Å². The van der Waals surface area contributed by atoms with Gasteiger partial charge in [-0.25, -0.2) is 4.79 Å². The predicted octanol–water partition coefficient (Wildman–Crippen LogP) is 4.06. The van der Waals surface area contributed by atoms with Crippen LogP contribution in [0.2, 0.25) is 5.02 Å². The van der Waals surface area contributed by atoms with E-state index in [-0.39, 0.29) is 10.8 Å². The van der Waals surface area contributed by atoms with Crippen LogP contribution >= 0.6 is 22.9 Å². The van der Waals surface area contributed by atoms with Crippen molar-refractivity contribution in [2.24, 2.45) is 0 Å². The van der Waals surface area contributed by atoms with Crippen LogP contribution in [-0.2, 0) is 4.79 Å². The molecule has 2 aromatic rings. The van der Waals surface area contributed by atoms with E-state index < -0.39 is 5.97 Å². The summed E-state index contributed by atoms with van der Waals surface area (Å²) in [6.07, 6.45) is 2.99. The highest BCUT2D eigenvalue weighted by Crippen LogP contribution is 2.27. The number of halogens is 1. The molecule has 1 aromatic carbocycles. The molecule has 0 radical (unpaired) electrons. The van der Waals surface area contributed by atoms with Crippen molar-refractivity contribution in [3.8, 4) is 0 Å². The minimum absolute atomic E-state index is 0.126. The second-order valence-electron chi connectivity index (χ2n) is 4.30. The minimum Gasteiger partial charge on any atom is -0.477 e. The number of benzene rings is 1. The van der Waals surface area contributed by atoms with E-state index in [1.54, 1.807) is 42.6 Å². The van der Waals surface area contributed by atoms with Gasteiger partial charge in [-0.15, -0.1) is 11.3 Å². The molecule has 0 aliphatic heterocycles. The Morgan fingerprint density at radius 1 is 1.29 bits per heavy atom. The molecule has 0 spiro atoms. The predicted molar refractivity (Wildman–Crippen MR) is 85.1 cm³/mol. The van der Waals surface area contributed by atoms with Gasteiger partial charge in [0.25, 0.3) is 0 Å². The summed E-state index contributed by atoms with van der Waals surface area (Å²) >= 11 is 6.87. The fraction of sp³-hybridized carbons (Fsp3) is 0.0667. The average molecular weight is 322 g/mol. The maximum Gasteiger partial charge on any atom is 0.348 e. The molecule has 6 heteroatoms. The van der Waals surface area contributed by atoms with Crippen molar-refractivity contribution < 1.29 is 14.7 Å². The van der Waals surface area contributed by atoms with Crippen LogP contribution < -0.4 is 5.32 Å². The van der Waals surface area contributed by atoms with Gasteiger partial charge in [-0.3, -0.25) is 4.79 Å². The molecule has 0 fully saturated rings. The Kier molecular flexibility index (Phi) is 4.77. The first-order valence-corrected chi connectivity index (χ1v) is 7.29. The zero-order valence-corrected chi connectivity index (χ0v) is 12.7. The Morgan fingerprint density at radius 3 is 2.57 bits per heavy atom. The van der Waals surface area contributed by atoms with Crippen molar-refractivity contribution in [3.05, 3.63) is 56.7 Å². The number of aryl methyl sites for hydroxylation is 1. The maximum atomic E-state index is 11.9. The third-order valence-corrected chi connectivity index (χ3v) is 4.05. The maximum absolute atomic E-state index is 11.9. The number of carbonyl (C=O) groups excluding carboxylic acids is 1. The average Bonchev–Trinajstić information content (AvgIpc) is 2.80. The molecular formula is C15H12ClNO3S. The third-order valence-electron chi connectivity index (χ3n) is 2.71.